The molecule has 3 nitrogen and oxygen atoms in total. The molecular weight excluding hydrogens is 174 g/mol. The first-order valence-electron chi connectivity index (χ1n) is 4.88. The monoisotopic (exact) mass is 185 g/mol. The second kappa shape index (κ2) is 3.03. The molecule has 0 radical (unpaired) electrons. The van der Waals surface area contributed by atoms with Crippen molar-refractivity contribution in [2.45, 2.75) is 13.0 Å². The minimum absolute atomic E-state index is 0.941. The number of rotatable bonds is 0. The molecule has 0 unspecified atom stereocenters. The van der Waals surface area contributed by atoms with Gasteiger partial charge in [-0.2, -0.15) is 10.2 Å². The number of nitrogens with zero attached hydrogens (tertiary/aromatic N) is 2. The third-order valence-electron chi connectivity index (χ3n) is 2.70. The predicted octanol–water partition coefficient (Wildman–Crippen LogP) is 1.28. The van der Waals surface area contributed by atoms with Gasteiger partial charge in [-0.15, -0.1) is 0 Å². The van der Waals surface area contributed by atoms with Crippen LogP contribution in [0.1, 0.15) is 11.3 Å². The van der Waals surface area contributed by atoms with E-state index in [-0.39, 0.29) is 0 Å². The van der Waals surface area contributed by atoms with Crippen molar-refractivity contribution in [2.75, 3.05) is 6.54 Å². The van der Waals surface area contributed by atoms with E-state index in [0.717, 1.165) is 25.2 Å². The van der Waals surface area contributed by atoms with Crippen molar-refractivity contribution in [2.24, 2.45) is 0 Å². The summed E-state index contributed by atoms with van der Waals surface area (Å²) in [5.74, 6) is 0. The zero-order chi connectivity index (χ0) is 9.38. The lowest BCUT2D eigenvalue weighted by Gasteiger charge is -2.04. The average molecular weight is 185 g/mol. The molecule has 1 aliphatic heterocycles. The Morgan fingerprint density at radius 3 is 3.29 bits per heavy atom. The quantitative estimate of drug-likeness (QED) is 0.671. The van der Waals surface area contributed by atoms with Crippen LogP contribution in [0.4, 0.5) is 0 Å². The molecular formula is C11H11N3. The molecule has 1 aromatic heterocycles. The smallest absolute Gasteiger partial charge is 0.0725 e. The van der Waals surface area contributed by atoms with Gasteiger partial charge in [0.2, 0.25) is 0 Å². The maximum atomic E-state index is 4.21. The van der Waals surface area contributed by atoms with Crippen LogP contribution in [0.5, 0.6) is 0 Å². The lowest BCUT2D eigenvalue weighted by atomic mass is 10.0. The molecule has 3 heteroatoms. The molecule has 3 rings (SSSR count). The number of nitrogens with one attached hydrogen (secondary N) is 1. The molecule has 14 heavy (non-hydrogen) atoms. The second-order valence-corrected chi connectivity index (χ2v) is 3.60. The highest BCUT2D eigenvalue weighted by atomic mass is 15.1. The number of hydrogen-bond acceptors (Lipinski definition) is 3. The Hall–Kier alpha value is -1.48. The van der Waals surface area contributed by atoms with Gasteiger partial charge in [-0.1, -0.05) is 18.2 Å². The van der Waals surface area contributed by atoms with E-state index in [4.69, 9.17) is 0 Å². The third-order valence-corrected chi connectivity index (χ3v) is 2.70. The topological polar surface area (TPSA) is 37.8 Å². The minimum Gasteiger partial charge on any atom is -0.312 e. The maximum Gasteiger partial charge on any atom is 0.0725 e. The molecule has 0 saturated heterocycles. The Kier molecular flexibility index (Phi) is 1.70. The maximum absolute atomic E-state index is 4.21. The standard InChI is InChI=1S/C11H11N3/c1-2-8-6-12-5-4-10-11(8)9(3-1)7-13-14-10/h1-3,7,12H,4-6H2. The second-order valence-electron chi connectivity index (χ2n) is 3.60. The molecule has 0 fully saturated rings. The van der Waals surface area contributed by atoms with Gasteiger partial charge in [-0.25, -0.2) is 0 Å². The van der Waals surface area contributed by atoms with E-state index in [1.165, 1.54) is 16.3 Å². The van der Waals surface area contributed by atoms with Crippen molar-refractivity contribution in [3.63, 3.8) is 0 Å². The van der Waals surface area contributed by atoms with Gasteiger partial charge < -0.3 is 5.32 Å². The van der Waals surface area contributed by atoms with Crippen LogP contribution >= 0.6 is 0 Å². The highest BCUT2D eigenvalue weighted by Gasteiger charge is 2.11. The van der Waals surface area contributed by atoms with E-state index in [1.807, 2.05) is 6.20 Å². The van der Waals surface area contributed by atoms with Crippen LogP contribution in [0.25, 0.3) is 10.8 Å². The summed E-state index contributed by atoms with van der Waals surface area (Å²) < 4.78 is 0. The van der Waals surface area contributed by atoms with E-state index in [9.17, 15) is 0 Å². The van der Waals surface area contributed by atoms with Gasteiger partial charge in [-0.3, -0.25) is 0 Å². The Bertz CT molecular complexity index is 438. The van der Waals surface area contributed by atoms with Crippen LogP contribution in [0.3, 0.4) is 0 Å². The summed E-state index contributed by atoms with van der Waals surface area (Å²) in [5, 5.41) is 14.1. The van der Waals surface area contributed by atoms with Gasteiger partial charge in [-0.05, 0) is 5.56 Å². The van der Waals surface area contributed by atoms with Crippen molar-refractivity contribution in [1.82, 2.24) is 15.5 Å². The van der Waals surface area contributed by atoms with Crippen molar-refractivity contribution >= 4 is 10.8 Å². The zero-order valence-corrected chi connectivity index (χ0v) is 7.83. The molecule has 0 aliphatic carbocycles. The molecule has 2 aromatic rings. The van der Waals surface area contributed by atoms with Crippen molar-refractivity contribution in [3.05, 3.63) is 35.7 Å². The molecule has 1 aromatic carbocycles. The normalized spacial score (nSPS) is 15.4. The number of aromatic nitrogens is 2. The van der Waals surface area contributed by atoms with Crippen LogP contribution in [0.15, 0.2) is 24.4 Å². The van der Waals surface area contributed by atoms with Crippen molar-refractivity contribution in [3.8, 4) is 0 Å². The van der Waals surface area contributed by atoms with Crippen LogP contribution in [0.2, 0.25) is 0 Å². The van der Waals surface area contributed by atoms with Crippen molar-refractivity contribution in [1.29, 1.82) is 0 Å². The number of hydrogen-bond donors (Lipinski definition) is 1. The summed E-state index contributed by atoms with van der Waals surface area (Å²) in [6.07, 6.45) is 2.81. The lowest BCUT2D eigenvalue weighted by Crippen LogP contribution is -2.13. The molecule has 0 spiro atoms. The van der Waals surface area contributed by atoms with Gasteiger partial charge in [0.05, 0.1) is 11.9 Å². The molecule has 2 heterocycles. The van der Waals surface area contributed by atoms with Gasteiger partial charge >= 0.3 is 0 Å². The molecule has 0 amide bonds. The summed E-state index contributed by atoms with van der Waals surface area (Å²) in [6, 6.07) is 6.34. The molecule has 1 aliphatic rings. The fraction of sp³-hybridized carbons (Fsp3) is 0.273. The first kappa shape index (κ1) is 7.88. The van der Waals surface area contributed by atoms with Crippen LogP contribution in [0, 0.1) is 0 Å². The Morgan fingerprint density at radius 2 is 2.29 bits per heavy atom. The molecule has 70 valence electrons. The summed E-state index contributed by atoms with van der Waals surface area (Å²) in [4.78, 5) is 0. The number of benzene rings is 1. The molecule has 0 atom stereocenters. The molecule has 0 saturated carbocycles. The summed E-state index contributed by atoms with van der Waals surface area (Å²) >= 11 is 0. The van der Waals surface area contributed by atoms with E-state index < -0.39 is 0 Å². The fourth-order valence-corrected chi connectivity index (χ4v) is 2.04. The predicted molar refractivity (Wildman–Crippen MR) is 54.9 cm³/mol. The molecule has 0 bridgehead atoms. The Labute approximate surface area is 82.2 Å². The highest BCUT2D eigenvalue weighted by Crippen LogP contribution is 2.22. The minimum atomic E-state index is 0.941. The largest absolute Gasteiger partial charge is 0.312 e. The van der Waals surface area contributed by atoms with Crippen molar-refractivity contribution < 1.29 is 0 Å². The lowest BCUT2D eigenvalue weighted by molar-refractivity contribution is 0.694. The van der Waals surface area contributed by atoms with Gasteiger partial charge in [0.25, 0.3) is 0 Å². The molecule has 1 N–H and O–H groups in total. The summed E-state index contributed by atoms with van der Waals surface area (Å²) in [7, 11) is 0. The van der Waals surface area contributed by atoms with E-state index >= 15 is 0 Å². The van der Waals surface area contributed by atoms with Gasteiger partial charge in [0.15, 0.2) is 0 Å². The summed E-state index contributed by atoms with van der Waals surface area (Å²) in [6.45, 7) is 1.93. The Morgan fingerprint density at radius 1 is 1.29 bits per heavy atom. The summed E-state index contributed by atoms with van der Waals surface area (Å²) in [5.41, 5.74) is 2.47. The highest BCUT2D eigenvalue weighted by molar-refractivity contribution is 5.87. The first-order valence-corrected chi connectivity index (χ1v) is 4.88. The zero-order valence-electron chi connectivity index (χ0n) is 7.83. The van der Waals surface area contributed by atoms with Crippen LogP contribution in [-0.2, 0) is 13.0 Å². The van der Waals surface area contributed by atoms with Crippen LogP contribution in [-0.4, -0.2) is 16.7 Å². The fourth-order valence-electron chi connectivity index (χ4n) is 2.04. The van der Waals surface area contributed by atoms with Gasteiger partial charge in [0, 0.05) is 30.3 Å². The van der Waals surface area contributed by atoms with Crippen LogP contribution < -0.4 is 5.32 Å². The van der Waals surface area contributed by atoms with Gasteiger partial charge in [0.1, 0.15) is 0 Å². The van der Waals surface area contributed by atoms with E-state index in [2.05, 4.69) is 33.7 Å². The average Bonchev–Trinajstić information content (AvgIpc) is 2.44. The van der Waals surface area contributed by atoms with E-state index in [0.29, 0.717) is 0 Å². The first-order chi connectivity index (χ1) is 6.95. The van der Waals surface area contributed by atoms with E-state index in [1.54, 1.807) is 0 Å². The Balaban J connectivity index is 2.41. The SMILES string of the molecule is c1cc2c3c(nncc3c1)CCNC2. The third kappa shape index (κ3) is 1.09.